The van der Waals surface area contributed by atoms with Crippen molar-refractivity contribution in [2.45, 2.75) is 58.2 Å². The van der Waals surface area contributed by atoms with Gasteiger partial charge in [-0.3, -0.25) is 0 Å². The van der Waals surface area contributed by atoms with Gasteiger partial charge in [0.25, 0.3) is 0 Å². The van der Waals surface area contributed by atoms with Crippen LogP contribution in [-0.4, -0.2) is 22.9 Å². The van der Waals surface area contributed by atoms with Crippen LogP contribution in [0, 0.1) is 0 Å². The Labute approximate surface area is 162 Å². The first kappa shape index (κ1) is 18.3. The highest BCUT2D eigenvalue weighted by Gasteiger charge is 2.52. The fourth-order valence-corrected chi connectivity index (χ4v) is 3.65. The molecule has 140 valence electrons. The number of hydrogen-bond donors (Lipinski definition) is 0. The molecule has 0 radical (unpaired) electrons. The fraction of sp³-hybridized carbons (Fsp3) is 0.391. The quantitative estimate of drug-likeness (QED) is 0.579. The lowest BCUT2D eigenvalue weighted by Crippen LogP contribution is -2.41. The number of benzene rings is 2. The van der Waals surface area contributed by atoms with Gasteiger partial charge in [0.05, 0.1) is 11.2 Å². The maximum Gasteiger partial charge on any atom is 0.465 e. The Balaban J connectivity index is 1.49. The maximum atomic E-state index is 6.22. The lowest BCUT2D eigenvalue weighted by molar-refractivity contribution is 0.00578. The van der Waals surface area contributed by atoms with Crippen molar-refractivity contribution in [3.05, 3.63) is 71.9 Å². The van der Waals surface area contributed by atoms with Crippen molar-refractivity contribution in [1.29, 1.82) is 0 Å². The molecule has 1 aliphatic heterocycles. The number of aromatic nitrogens is 1. The second kappa shape index (κ2) is 6.54. The minimum absolute atomic E-state index is 0.188. The van der Waals surface area contributed by atoms with Crippen LogP contribution in [0.5, 0.6) is 0 Å². The molecule has 3 aromatic rings. The van der Waals surface area contributed by atoms with Gasteiger partial charge in [0.1, 0.15) is 0 Å². The van der Waals surface area contributed by atoms with Crippen LogP contribution in [0.2, 0.25) is 0 Å². The van der Waals surface area contributed by atoms with E-state index >= 15 is 0 Å². The third kappa shape index (κ3) is 3.33. The summed E-state index contributed by atoms with van der Waals surface area (Å²) in [6.07, 6.45) is 2.16. The first-order valence-corrected chi connectivity index (χ1v) is 9.75. The van der Waals surface area contributed by atoms with Crippen molar-refractivity contribution < 1.29 is 9.31 Å². The fourth-order valence-electron chi connectivity index (χ4n) is 3.65. The molecular weight excluding hydrogens is 333 g/mol. The standard InChI is InChI=1S/C23H28BNO2/c1-17(24-26-22(2,3)23(4,5)27-24)19-12-10-18(11-13-19)16-25-15-14-20-8-6-7-9-21(20)25/h6-15,17H,16H2,1-5H3/t17-/m1/s1. The topological polar surface area (TPSA) is 23.4 Å². The van der Waals surface area contributed by atoms with Crippen LogP contribution in [0.1, 0.15) is 51.6 Å². The minimum atomic E-state index is -0.290. The van der Waals surface area contributed by atoms with E-state index in [0.29, 0.717) is 0 Å². The number of nitrogens with zero attached hydrogens (tertiary/aromatic N) is 1. The van der Waals surface area contributed by atoms with Crippen molar-refractivity contribution in [2.75, 3.05) is 0 Å². The SMILES string of the molecule is C[C@@H](B1OC(C)(C)C(C)(C)O1)c1ccc(Cn2ccc3ccccc32)cc1. The Kier molecular flexibility index (Phi) is 4.44. The highest BCUT2D eigenvalue weighted by Crippen LogP contribution is 2.40. The smallest absolute Gasteiger partial charge is 0.403 e. The summed E-state index contributed by atoms with van der Waals surface area (Å²) < 4.78 is 14.7. The van der Waals surface area contributed by atoms with Crippen molar-refractivity contribution in [2.24, 2.45) is 0 Å². The summed E-state index contributed by atoms with van der Waals surface area (Å²) in [6.45, 7) is 11.5. The summed E-state index contributed by atoms with van der Waals surface area (Å²) in [4.78, 5) is 0. The van der Waals surface area contributed by atoms with E-state index in [2.05, 4.69) is 100.0 Å². The zero-order valence-corrected chi connectivity index (χ0v) is 16.9. The van der Waals surface area contributed by atoms with E-state index in [0.717, 1.165) is 6.54 Å². The maximum absolute atomic E-state index is 6.22. The van der Waals surface area contributed by atoms with Crippen LogP contribution >= 0.6 is 0 Å². The van der Waals surface area contributed by atoms with Gasteiger partial charge in [-0.15, -0.1) is 0 Å². The molecule has 3 nitrogen and oxygen atoms in total. The van der Waals surface area contributed by atoms with Crippen LogP contribution in [0.15, 0.2) is 60.8 Å². The molecule has 0 saturated carbocycles. The molecule has 2 aromatic carbocycles. The molecule has 0 bridgehead atoms. The Morgan fingerprint density at radius 1 is 0.889 bits per heavy atom. The van der Waals surface area contributed by atoms with E-state index < -0.39 is 0 Å². The van der Waals surface area contributed by atoms with Crippen LogP contribution in [-0.2, 0) is 15.9 Å². The molecule has 27 heavy (non-hydrogen) atoms. The van der Waals surface area contributed by atoms with E-state index in [-0.39, 0.29) is 24.1 Å². The summed E-state index contributed by atoms with van der Waals surface area (Å²) >= 11 is 0. The average molecular weight is 361 g/mol. The highest BCUT2D eigenvalue weighted by molar-refractivity contribution is 6.47. The Hall–Kier alpha value is -2.04. The van der Waals surface area contributed by atoms with Crippen molar-refractivity contribution in [3.63, 3.8) is 0 Å². The molecule has 4 heteroatoms. The minimum Gasteiger partial charge on any atom is -0.403 e. The third-order valence-electron chi connectivity index (χ3n) is 6.22. The molecule has 0 amide bonds. The number of para-hydroxylation sites is 1. The van der Waals surface area contributed by atoms with Crippen LogP contribution in [0.4, 0.5) is 0 Å². The average Bonchev–Trinajstić information content (AvgIpc) is 3.13. The number of fused-ring (bicyclic) bond motifs is 1. The van der Waals surface area contributed by atoms with E-state index in [1.54, 1.807) is 0 Å². The molecular formula is C23H28BNO2. The normalized spacial score (nSPS) is 19.5. The molecule has 1 aromatic heterocycles. The van der Waals surface area contributed by atoms with Crippen LogP contribution in [0.25, 0.3) is 10.9 Å². The van der Waals surface area contributed by atoms with Crippen molar-refractivity contribution in [1.82, 2.24) is 4.57 Å². The first-order chi connectivity index (χ1) is 12.8. The monoisotopic (exact) mass is 361 g/mol. The summed E-state index contributed by atoms with van der Waals surface area (Å²) in [5.74, 6) is 0.188. The molecule has 0 N–H and O–H groups in total. The predicted molar refractivity (Wildman–Crippen MR) is 112 cm³/mol. The molecule has 0 spiro atoms. The molecule has 4 rings (SSSR count). The van der Waals surface area contributed by atoms with E-state index in [1.807, 2.05) is 0 Å². The summed E-state index contributed by atoms with van der Waals surface area (Å²) in [5, 5.41) is 1.28. The van der Waals surface area contributed by atoms with Crippen LogP contribution in [0.3, 0.4) is 0 Å². The van der Waals surface area contributed by atoms with Gasteiger partial charge in [-0.1, -0.05) is 49.4 Å². The Bertz CT molecular complexity index is 926. The van der Waals surface area contributed by atoms with Crippen molar-refractivity contribution >= 4 is 18.0 Å². The Morgan fingerprint density at radius 3 is 2.19 bits per heavy atom. The third-order valence-corrected chi connectivity index (χ3v) is 6.22. The molecule has 0 aliphatic carbocycles. The molecule has 2 heterocycles. The second-order valence-corrected chi connectivity index (χ2v) is 8.66. The molecule has 1 aliphatic rings. The second-order valence-electron chi connectivity index (χ2n) is 8.66. The van der Waals surface area contributed by atoms with Gasteiger partial charge in [-0.05, 0) is 56.3 Å². The predicted octanol–water partition coefficient (Wildman–Crippen LogP) is 5.42. The largest absolute Gasteiger partial charge is 0.465 e. The number of hydrogen-bond acceptors (Lipinski definition) is 2. The van der Waals surface area contributed by atoms with Gasteiger partial charge in [-0.25, -0.2) is 0 Å². The van der Waals surface area contributed by atoms with Gasteiger partial charge < -0.3 is 13.9 Å². The van der Waals surface area contributed by atoms with E-state index in [4.69, 9.17) is 9.31 Å². The first-order valence-electron chi connectivity index (χ1n) is 9.75. The van der Waals surface area contributed by atoms with Crippen molar-refractivity contribution in [3.8, 4) is 0 Å². The van der Waals surface area contributed by atoms with Gasteiger partial charge in [0.2, 0.25) is 0 Å². The molecule has 1 saturated heterocycles. The van der Waals surface area contributed by atoms with E-state index in [9.17, 15) is 0 Å². The Morgan fingerprint density at radius 2 is 1.52 bits per heavy atom. The molecule has 0 unspecified atom stereocenters. The number of rotatable bonds is 4. The molecule has 1 atom stereocenters. The van der Waals surface area contributed by atoms with Crippen LogP contribution < -0.4 is 0 Å². The summed E-state index contributed by atoms with van der Waals surface area (Å²) in [7, 11) is -0.214. The molecule has 1 fully saturated rings. The lowest BCUT2D eigenvalue weighted by atomic mass is 9.69. The van der Waals surface area contributed by atoms with Gasteiger partial charge in [0, 0.05) is 24.1 Å². The lowest BCUT2D eigenvalue weighted by Gasteiger charge is -2.32. The van der Waals surface area contributed by atoms with Gasteiger partial charge in [0.15, 0.2) is 0 Å². The zero-order chi connectivity index (χ0) is 19.2. The highest BCUT2D eigenvalue weighted by atomic mass is 16.7. The zero-order valence-electron chi connectivity index (χ0n) is 16.9. The van der Waals surface area contributed by atoms with Gasteiger partial charge >= 0.3 is 7.12 Å². The van der Waals surface area contributed by atoms with E-state index in [1.165, 1.54) is 22.0 Å². The summed E-state index contributed by atoms with van der Waals surface area (Å²) in [6, 6.07) is 19.5. The van der Waals surface area contributed by atoms with Gasteiger partial charge in [-0.2, -0.15) is 0 Å². The summed E-state index contributed by atoms with van der Waals surface area (Å²) in [5.41, 5.74) is 3.23.